The third-order valence-electron chi connectivity index (χ3n) is 2.25. The van der Waals surface area contributed by atoms with Crippen molar-refractivity contribution in [2.45, 2.75) is 0 Å². The van der Waals surface area contributed by atoms with E-state index in [1.807, 2.05) is 0 Å². The number of hydrogen-bond donors (Lipinski definition) is 2. The predicted molar refractivity (Wildman–Crippen MR) is 65.5 cm³/mol. The zero-order valence-electron chi connectivity index (χ0n) is 8.68. The number of rotatable bonds is 2. The molecule has 17 heavy (non-hydrogen) atoms. The predicted octanol–water partition coefficient (Wildman–Crippen LogP) is 3.94. The molecule has 2 aromatic rings. The zero-order chi connectivity index (χ0) is 12.4. The first-order valence-electron chi connectivity index (χ1n) is 4.84. The van der Waals surface area contributed by atoms with Crippen molar-refractivity contribution in [1.82, 2.24) is 0 Å². The highest BCUT2D eigenvalue weighted by molar-refractivity contribution is 6.33. The molecule has 0 amide bonds. The van der Waals surface area contributed by atoms with E-state index in [1.54, 1.807) is 18.2 Å². The van der Waals surface area contributed by atoms with Gasteiger partial charge in [0, 0.05) is 11.8 Å². The fraction of sp³-hybridized carbons (Fsp3) is 0. The second-order valence-corrected chi connectivity index (χ2v) is 3.86. The number of nitrogens with one attached hydrogen (secondary N) is 1. The number of halogens is 3. The first-order chi connectivity index (χ1) is 8.08. The SMILES string of the molecule is Nc1c(Cl)cccc1Nc1ccc(F)c(F)c1. The average Bonchev–Trinajstić information content (AvgIpc) is 2.30. The van der Waals surface area contributed by atoms with Crippen molar-refractivity contribution in [3.8, 4) is 0 Å². The molecule has 0 heterocycles. The Morgan fingerprint density at radius 2 is 1.82 bits per heavy atom. The van der Waals surface area contributed by atoms with Crippen LogP contribution in [-0.2, 0) is 0 Å². The van der Waals surface area contributed by atoms with Crippen LogP contribution in [-0.4, -0.2) is 0 Å². The lowest BCUT2D eigenvalue weighted by Gasteiger charge is -2.10. The van der Waals surface area contributed by atoms with Crippen molar-refractivity contribution in [1.29, 1.82) is 0 Å². The van der Waals surface area contributed by atoms with Crippen molar-refractivity contribution < 1.29 is 8.78 Å². The summed E-state index contributed by atoms with van der Waals surface area (Å²) in [7, 11) is 0. The van der Waals surface area contributed by atoms with E-state index in [4.69, 9.17) is 17.3 Å². The maximum absolute atomic E-state index is 13.0. The fourth-order valence-electron chi connectivity index (χ4n) is 1.38. The van der Waals surface area contributed by atoms with E-state index < -0.39 is 11.6 Å². The standard InChI is InChI=1S/C12H9ClF2N2/c13-8-2-1-3-11(12(8)16)17-7-4-5-9(14)10(15)6-7/h1-6,17H,16H2. The third-order valence-corrected chi connectivity index (χ3v) is 2.58. The molecule has 0 aromatic heterocycles. The number of anilines is 3. The van der Waals surface area contributed by atoms with Crippen LogP contribution in [0.4, 0.5) is 25.8 Å². The van der Waals surface area contributed by atoms with Crippen LogP contribution in [0.15, 0.2) is 36.4 Å². The molecule has 0 fully saturated rings. The van der Waals surface area contributed by atoms with Gasteiger partial charge in [-0.2, -0.15) is 0 Å². The minimum Gasteiger partial charge on any atom is -0.396 e. The molecule has 0 aliphatic carbocycles. The summed E-state index contributed by atoms with van der Waals surface area (Å²) in [4.78, 5) is 0. The molecule has 2 aromatic carbocycles. The molecule has 0 atom stereocenters. The zero-order valence-corrected chi connectivity index (χ0v) is 9.43. The summed E-state index contributed by atoms with van der Waals surface area (Å²) in [6.45, 7) is 0. The van der Waals surface area contributed by atoms with Crippen LogP contribution in [0.1, 0.15) is 0 Å². The monoisotopic (exact) mass is 254 g/mol. The van der Waals surface area contributed by atoms with E-state index in [0.29, 0.717) is 22.1 Å². The van der Waals surface area contributed by atoms with Gasteiger partial charge in [0.05, 0.1) is 16.4 Å². The van der Waals surface area contributed by atoms with Gasteiger partial charge in [0.25, 0.3) is 0 Å². The van der Waals surface area contributed by atoms with Crippen LogP contribution >= 0.6 is 11.6 Å². The van der Waals surface area contributed by atoms with E-state index >= 15 is 0 Å². The van der Waals surface area contributed by atoms with Crippen molar-refractivity contribution in [3.63, 3.8) is 0 Å². The molecule has 0 bridgehead atoms. The van der Waals surface area contributed by atoms with Crippen molar-refractivity contribution in [2.75, 3.05) is 11.1 Å². The van der Waals surface area contributed by atoms with Gasteiger partial charge >= 0.3 is 0 Å². The molecular weight excluding hydrogens is 246 g/mol. The van der Waals surface area contributed by atoms with E-state index in [2.05, 4.69) is 5.32 Å². The Kier molecular flexibility index (Phi) is 3.15. The minimum atomic E-state index is -0.921. The first kappa shape index (κ1) is 11.7. The van der Waals surface area contributed by atoms with Gasteiger partial charge in [-0.1, -0.05) is 17.7 Å². The number of nitrogens with two attached hydrogens (primary N) is 1. The summed E-state index contributed by atoms with van der Waals surface area (Å²) in [5, 5.41) is 3.27. The third kappa shape index (κ3) is 2.47. The molecule has 0 radical (unpaired) electrons. The quantitative estimate of drug-likeness (QED) is 0.797. The molecule has 0 aliphatic heterocycles. The largest absolute Gasteiger partial charge is 0.396 e. The Hall–Kier alpha value is -1.81. The van der Waals surface area contributed by atoms with Crippen molar-refractivity contribution >= 4 is 28.7 Å². The van der Waals surface area contributed by atoms with Gasteiger partial charge in [-0.3, -0.25) is 0 Å². The van der Waals surface area contributed by atoms with Gasteiger partial charge in [-0.15, -0.1) is 0 Å². The molecule has 2 rings (SSSR count). The second-order valence-electron chi connectivity index (χ2n) is 3.45. The van der Waals surface area contributed by atoms with Crippen LogP contribution in [0.5, 0.6) is 0 Å². The number of benzene rings is 2. The van der Waals surface area contributed by atoms with Crippen molar-refractivity contribution in [2.24, 2.45) is 0 Å². The van der Waals surface area contributed by atoms with E-state index in [-0.39, 0.29) is 0 Å². The summed E-state index contributed by atoms with van der Waals surface area (Å²) in [5.41, 5.74) is 7.04. The first-order valence-corrected chi connectivity index (χ1v) is 5.22. The van der Waals surface area contributed by atoms with Gasteiger partial charge in [-0.25, -0.2) is 8.78 Å². The lowest BCUT2D eigenvalue weighted by Crippen LogP contribution is -1.97. The maximum Gasteiger partial charge on any atom is 0.160 e. The Bertz CT molecular complexity index is 558. The molecule has 88 valence electrons. The van der Waals surface area contributed by atoms with Crippen molar-refractivity contribution in [3.05, 3.63) is 53.1 Å². The van der Waals surface area contributed by atoms with Gasteiger partial charge < -0.3 is 11.1 Å². The second kappa shape index (κ2) is 4.59. The Morgan fingerprint density at radius 3 is 2.53 bits per heavy atom. The van der Waals surface area contributed by atoms with Crippen LogP contribution in [0.25, 0.3) is 0 Å². The van der Waals surface area contributed by atoms with Gasteiger partial charge in [0.2, 0.25) is 0 Å². The van der Waals surface area contributed by atoms with E-state index in [9.17, 15) is 8.78 Å². The fourth-order valence-corrected chi connectivity index (χ4v) is 1.55. The minimum absolute atomic E-state index is 0.360. The summed E-state index contributed by atoms with van der Waals surface area (Å²) in [5.74, 6) is -1.81. The highest BCUT2D eigenvalue weighted by Crippen LogP contribution is 2.29. The van der Waals surface area contributed by atoms with Gasteiger partial charge in [-0.05, 0) is 24.3 Å². The Balaban J connectivity index is 2.31. The molecule has 0 spiro atoms. The van der Waals surface area contributed by atoms with Crippen LogP contribution in [0.3, 0.4) is 0 Å². The molecule has 0 aliphatic rings. The van der Waals surface area contributed by atoms with Crippen LogP contribution < -0.4 is 11.1 Å². The van der Waals surface area contributed by atoms with Crippen LogP contribution in [0.2, 0.25) is 5.02 Å². The molecular formula is C12H9ClF2N2. The number of nitrogen functional groups attached to an aromatic ring is 1. The maximum atomic E-state index is 13.0. The average molecular weight is 255 g/mol. The summed E-state index contributed by atoms with van der Waals surface area (Å²) >= 11 is 5.84. The van der Waals surface area contributed by atoms with Crippen LogP contribution in [0, 0.1) is 11.6 Å². The molecule has 0 unspecified atom stereocenters. The highest BCUT2D eigenvalue weighted by Gasteiger charge is 2.06. The Labute approximate surface area is 102 Å². The molecule has 0 saturated carbocycles. The number of hydrogen-bond acceptors (Lipinski definition) is 2. The molecule has 2 nitrogen and oxygen atoms in total. The number of para-hydroxylation sites is 1. The van der Waals surface area contributed by atoms with E-state index in [1.165, 1.54) is 6.07 Å². The topological polar surface area (TPSA) is 38.0 Å². The normalized spacial score (nSPS) is 10.3. The van der Waals surface area contributed by atoms with E-state index in [0.717, 1.165) is 12.1 Å². The summed E-state index contributed by atoms with van der Waals surface area (Å²) < 4.78 is 25.7. The Morgan fingerprint density at radius 1 is 1.06 bits per heavy atom. The summed E-state index contributed by atoms with van der Waals surface area (Å²) in [6, 6.07) is 8.56. The lowest BCUT2D eigenvalue weighted by molar-refractivity contribution is 0.509. The van der Waals surface area contributed by atoms with Gasteiger partial charge in [0.1, 0.15) is 0 Å². The molecule has 0 saturated heterocycles. The lowest BCUT2D eigenvalue weighted by atomic mass is 10.2. The summed E-state index contributed by atoms with van der Waals surface area (Å²) in [6.07, 6.45) is 0. The highest BCUT2D eigenvalue weighted by atomic mass is 35.5. The molecule has 3 N–H and O–H groups in total. The van der Waals surface area contributed by atoms with Gasteiger partial charge in [0.15, 0.2) is 11.6 Å². The molecule has 5 heteroatoms. The smallest absolute Gasteiger partial charge is 0.160 e.